The van der Waals surface area contributed by atoms with Crippen LogP contribution in [0.4, 0.5) is 11.5 Å². The number of aromatic nitrogens is 2. The number of hydrogen-bond acceptors (Lipinski definition) is 3. The Kier molecular flexibility index (Phi) is 3.26. The van der Waals surface area contributed by atoms with E-state index in [0.29, 0.717) is 12.6 Å². The van der Waals surface area contributed by atoms with Crippen LogP contribution in [-0.4, -0.2) is 15.8 Å². The first-order chi connectivity index (χ1) is 9.63. The Balaban J connectivity index is 2.19. The molecular formula is C16H22N4. The lowest BCUT2D eigenvalue weighted by Crippen LogP contribution is -2.35. The van der Waals surface area contributed by atoms with E-state index in [1.807, 2.05) is 18.7 Å². The van der Waals surface area contributed by atoms with Gasteiger partial charge in [0, 0.05) is 30.9 Å². The predicted octanol–water partition coefficient (Wildman–Crippen LogP) is 2.66. The molecule has 0 spiro atoms. The van der Waals surface area contributed by atoms with E-state index in [1.165, 1.54) is 11.3 Å². The zero-order chi connectivity index (χ0) is 14.3. The van der Waals surface area contributed by atoms with E-state index in [0.717, 1.165) is 29.9 Å². The molecule has 0 amide bonds. The minimum absolute atomic E-state index is 0.463. The van der Waals surface area contributed by atoms with Gasteiger partial charge < -0.3 is 10.6 Å². The minimum Gasteiger partial charge on any atom is -0.326 e. The van der Waals surface area contributed by atoms with E-state index in [1.54, 1.807) is 0 Å². The average molecular weight is 270 g/mol. The number of rotatable bonds is 2. The average Bonchev–Trinajstić information content (AvgIpc) is 2.72. The van der Waals surface area contributed by atoms with Gasteiger partial charge in [0.15, 0.2) is 0 Å². The van der Waals surface area contributed by atoms with E-state index < -0.39 is 0 Å². The molecule has 0 aliphatic carbocycles. The monoisotopic (exact) mass is 270 g/mol. The largest absolute Gasteiger partial charge is 0.326 e. The van der Waals surface area contributed by atoms with Crippen LogP contribution in [0.25, 0.3) is 0 Å². The second-order valence-electron chi connectivity index (χ2n) is 5.60. The topological polar surface area (TPSA) is 47.1 Å². The van der Waals surface area contributed by atoms with Gasteiger partial charge in [-0.25, -0.2) is 0 Å². The van der Waals surface area contributed by atoms with Gasteiger partial charge in [0.2, 0.25) is 0 Å². The van der Waals surface area contributed by atoms with Crippen molar-refractivity contribution in [3.05, 3.63) is 41.1 Å². The maximum Gasteiger partial charge on any atom is 0.136 e. The van der Waals surface area contributed by atoms with Crippen molar-refractivity contribution in [2.24, 2.45) is 12.8 Å². The van der Waals surface area contributed by atoms with Gasteiger partial charge in [0.25, 0.3) is 0 Å². The molecule has 0 radical (unpaired) electrons. The Labute approximate surface area is 120 Å². The summed E-state index contributed by atoms with van der Waals surface area (Å²) in [6, 6.07) is 9.11. The van der Waals surface area contributed by atoms with Crippen molar-refractivity contribution in [1.82, 2.24) is 9.78 Å². The first kappa shape index (κ1) is 13.2. The van der Waals surface area contributed by atoms with E-state index in [9.17, 15) is 0 Å². The molecule has 2 aromatic rings. The molecular weight excluding hydrogens is 248 g/mol. The fourth-order valence-corrected chi connectivity index (χ4v) is 3.24. The van der Waals surface area contributed by atoms with Crippen LogP contribution in [0, 0.1) is 6.92 Å². The van der Waals surface area contributed by atoms with Crippen molar-refractivity contribution in [1.29, 1.82) is 0 Å². The number of anilines is 2. The summed E-state index contributed by atoms with van der Waals surface area (Å²) < 4.78 is 1.97. The highest BCUT2D eigenvalue weighted by Crippen LogP contribution is 2.38. The third-order valence-electron chi connectivity index (χ3n) is 4.27. The predicted molar refractivity (Wildman–Crippen MR) is 82.2 cm³/mol. The third kappa shape index (κ3) is 1.91. The normalized spacial score (nSPS) is 18.2. The summed E-state index contributed by atoms with van der Waals surface area (Å²) >= 11 is 0. The number of fused-ring (bicyclic) bond motifs is 1. The fourth-order valence-electron chi connectivity index (χ4n) is 3.24. The van der Waals surface area contributed by atoms with Crippen LogP contribution in [0.5, 0.6) is 0 Å². The van der Waals surface area contributed by atoms with Crippen LogP contribution in [0.3, 0.4) is 0 Å². The highest BCUT2D eigenvalue weighted by molar-refractivity contribution is 5.69. The molecule has 0 bridgehead atoms. The molecule has 1 unspecified atom stereocenters. The lowest BCUT2D eigenvalue weighted by atomic mass is 9.96. The van der Waals surface area contributed by atoms with Gasteiger partial charge in [-0.15, -0.1) is 0 Å². The zero-order valence-electron chi connectivity index (χ0n) is 12.4. The molecule has 1 aliphatic heterocycles. The third-order valence-corrected chi connectivity index (χ3v) is 4.27. The maximum atomic E-state index is 5.96. The molecule has 0 fully saturated rings. The van der Waals surface area contributed by atoms with Crippen molar-refractivity contribution in [2.75, 3.05) is 4.90 Å². The first-order valence-electron chi connectivity index (χ1n) is 7.23. The lowest BCUT2D eigenvalue weighted by molar-refractivity contribution is 0.596. The van der Waals surface area contributed by atoms with Gasteiger partial charge in [0.1, 0.15) is 5.82 Å². The Morgan fingerprint density at radius 2 is 2.10 bits per heavy atom. The molecule has 0 saturated carbocycles. The highest BCUT2D eigenvalue weighted by atomic mass is 15.4. The molecule has 3 rings (SSSR count). The number of aryl methyl sites for hydroxylation is 3. The molecule has 1 atom stereocenters. The first-order valence-corrected chi connectivity index (χ1v) is 7.23. The molecule has 0 saturated heterocycles. The van der Waals surface area contributed by atoms with Crippen LogP contribution in [0.1, 0.15) is 30.2 Å². The molecule has 20 heavy (non-hydrogen) atoms. The van der Waals surface area contributed by atoms with Gasteiger partial charge in [-0.3, -0.25) is 4.68 Å². The molecule has 4 nitrogen and oxygen atoms in total. The maximum absolute atomic E-state index is 5.96. The van der Waals surface area contributed by atoms with Gasteiger partial charge >= 0.3 is 0 Å². The highest BCUT2D eigenvalue weighted by Gasteiger charge is 2.28. The summed E-state index contributed by atoms with van der Waals surface area (Å²) in [5, 5.41) is 4.56. The summed E-state index contributed by atoms with van der Waals surface area (Å²) in [6.07, 6.45) is 2.30. The summed E-state index contributed by atoms with van der Waals surface area (Å²) in [4.78, 5) is 2.40. The molecule has 4 heteroatoms. The van der Waals surface area contributed by atoms with Crippen LogP contribution < -0.4 is 10.6 Å². The Morgan fingerprint density at radius 3 is 2.85 bits per heavy atom. The van der Waals surface area contributed by atoms with Gasteiger partial charge in [-0.05, 0) is 38.3 Å². The van der Waals surface area contributed by atoms with Crippen molar-refractivity contribution in [3.63, 3.8) is 0 Å². The van der Waals surface area contributed by atoms with E-state index >= 15 is 0 Å². The SMILES string of the molecule is Cc1nn(C)c(N2c3ccccc3CCC2C)c1CN. The Morgan fingerprint density at radius 1 is 1.35 bits per heavy atom. The van der Waals surface area contributed by atoms with E-state index in [4.69, 9.17) is 5.73 Å². The van der Waals surface area contributed by atoms with Crippen LogP contribution in [0.15, 0.2) is 24.3 Å². The number of benzene rings is 1. The smallest absolute Gasteiger partial charge is 0.136 e. The summed E-state index contributed by atoms with van der Waals surface area (Å²) in [5.74, 6) is 1.14. The van der Waals surface area contributed by atoms with E-state index in [-0.39, 0.29) is 0 Å². The minimum atomic E-state index is 0.463. The van der Waals surface area contributed by atoms with E-state index in [2.05, 4.69) is 41.2 Å². The van der Waals surface area contributed by atoms with Gasteiger partial charge in [-0.2, -0.15) is 5.10 Å². The molecule has 106 valence electrons. The van der Waals surface area contributed by atoms with Crippen LogP contribution in [-0.2, 0) is 20.0 Å². The fraction of sp³-hybridized carbons (Fsp3) is 0.438. The van der Waals surface area contributed by atoms with Crippen molar-refractivity contribution in [3.8, 4) is 0 Å². The molecule has 1 aromatic carbocycles. The van der Waals surface area contributed by atoms with Crippen LogP contribution in [0.2, 0.25) is 0 Å². The Hall–Kier alpha value is -1.81. The second-order valence-corrected chi connectivity index (χ2v) is 5.60. The van der Waals surface area contributed by atoms with Gasteiger partial charge in [0.05, 0.1) is 5.69 Å². The summed E-state index contributed by atoms with van der Waals surface area (Å²) in [7, 11) is 2.01. The molecule has 1 aromatic heterocycles. The number of nitrogens with zero attached hydrogens (tertiary/aromatic N) is 3. The molecule has 1 aliphatic rings. The number of nitrogens with two attached hydrogens (primary N) is 1. The number of hydrogen-bond donors (Lipinski definition) is 1. The van der Waals surface area contributed by atoms with Crippen molar-refractivity contribution < 1.29 is 0 Å². The molecule has 2 N–H and O–H groups in total. The standard InChI is InChI=1S/C16H22N4/c1-11-8-9-13-6-4-5-7-15(13)20(11)16-14(10-17)12(2)18-19(16)3/h4-7,11H,8-10,17H2,1-3H3. The van der Waals surface area contributed by atoms with Crippen molar-refractivity contribution >= 4 is 11.5 Å². The van der Waals surface area contributed by atoms with Gasteiger partial charge in [-0.1, -0.05) is 18.2 Å². The Bertz CT molecular complexity index is 629. The second kappa shape index (κ2) is 4.94. The zero-order valence-corrected chi connectivity index (χ0v) is 12.4. The summed E-state index contributed by atoms with van der Waals surface area (Å²) in [6.45, 7) is 4.84. The molecule has 2 heterocycles. The van der Waals surface area contributed by atoms with Crippen LogP contribution >= 0.6 is 0 Å². The van der Waals surface area contributed by atoms with Crippen molar-refractivity contribution in [2.45, 2.75) is 39.3 Å². The number of para-hydroxylation sites is 1. The quantitative estimate of drug-likeness (QED) is 0.912. The summed E-state index contributed by atoms with van der Waals surface area (Å²) in [5.41, 5.74) is 10.8. The lowest BCUT2D eigenvalue weighted by Gasteiger charge is -2.37.